The number of carbonyl (C=O) groups excluding carboxylic acids is 3. The predicted octanol–water partition coefficient (Wildman–Crippen LogP) is 3.61. The molecule has 2 fully saturated rings. The van der Waals surface area contributed by atoms with E-state index >= 15 is 0 Å². The molecule has 3 rings (SSSR count). The molecule has 10 heteroatoms. The molecular formula is C17H14F3NO5S. The Morgan fingerprint density at radius 2 is 1.96 bits per heavy atom. The number of hydrogen-bond donors (Lipinski definition) is 0. The Morgan fingerprint density at radius 3 is 2.52 bits per heavy atom. The van der Waals surface area contributed by atoms with Gasteiger partial charge in [-0.1, -0.05) is 0 Å². The summed E-state index contributed by atoms with van der Waals surface area (Å²) in [6.07, 6.45) is -3.25. The first-order chi connectivity index (χ1) is 12.6. The molecule has 2 unspecified atom stereocenters. The summed E-state index contributed by atoms with van der Waals surface area (Å²) in [4.78, 5) is 48.0. The fraction of sp³-hybridized carbons (Fsp3) is 0.471. The van der Waals surface area contributed by atoms with Gasteiger partial charge in [0.1, 0.15) is 5.92 Å². The van der Waals surface area contributed by atoms with Crippen LogP contribution in [0.2, 0.25) is 0 Å². The van der Waals surface area contributed by atoms with Crippen LogP contribution in [0, 0.1) is 16.0 Å². The minimum atomic E-state index is -4.83. The lowest BCUT2D eigenvalue weighted by molar-refractivity contribution is -0.385. The fourth-order valence-corrected chi connectivity index (χ4v) is 5.05. The van der Waals surface area contributed by atoms with Gasteiger partial charge in [-0.3, -0.25) is 24.5 Å². The highest BCUT2D eigenvalue weighted by Crippen LogP contribution is 2.47. The van der Waals surface area contributed by atoms with Crippen molar-refractivity contribution in [3.8, 4) is 0 Å². The number of alkyl halides is 3. The monoisotopic (exact) mass is 401 g/mol. The summed E-state index contributed by atoms with van der Waals surface area (Å²) in [5, 5.41) is 11.2. The van der Waals surface area contributed by atoms with Gasteiger partial charge in [-0.05, 0) is 37.1 Å². The molecule has 27 heavy (non-hydrogen) atoms. The molecule has 6 nitrogen and oxygen atoms in total. The van der Waals surface area contributed by atoms with Gasteiger partial charge in [0.2, 0.25) is 0 Å². The van der Waals surface area contributed by atoms with E-state index in [1.807, 2.05) is 0 Å². The summed E-state index contributed by atoms with van der Waals surface area (Å²) in [7, 11) is 0. The van der Waals surface area contributed by atoms with Crippen LogP contribution in [-0.2, 0) is 15.8 Å². The molecule has 0 aromatic heterocycles. The molecule has 2 atom stereocenters. The Labute approximate surface area is 155 Å². The molecule has 0 radical (unpaired) electrons. The van der Waals surface area contributed by atoms with E-state index in [4.69, 9.17) is 0 Å². The van der Waals surface area contributed by atoms with E-state index in [0.29, 0.717) is 30.7 Å². The maximum atomic E-state index is 12.9. The maximum Gasteiger partial charge on any atom is 0.416 e. The zero-order chi connectivity index (χ0) is 20.0. The third-order valence-corrected chi connectivity index (χ3v) is 6.62. The number of carbonyl (C=O) groups is 3. The zero-order valence-electron chi connectivity index (χ0n) is 13.9. The highest BCUT2D eigenvalue weighted by molar-refractivity contribution is 8.01. The van der Waals surface area contributed by atoms with Gasteiger partial charge in [-0.15, -0.1) is 11.8 Å². The number of nitro groups is 1. The SMILES string of the molecule is O=C1CCC2(CCCS2)C(=O)C1C(=O)c1ccc(C(F)(F)F)cc1[N+](=O)[O-]. The van der Waals surface area contributed by atoms with Crippen LogP contribution in [0.1, 0.15) is 41.6 Å². The van der Waals surface area contributed by atoms with Crippen molar-refractivity contribution in [2.24, 2.45) is 5.92 Å². The van der Waals surface area contributed by atoms with Crippen LogP contribution in [-0.4, -0.2) is 32.8 Å². The van der Waals surface area contributed by atoms with E-state index in [2.05, 4.69) is 0 Å². The number of rotatable bonds is 3. The lowest BCUT2D eigenvalue weighted by atomic mass is 9.73. The normalized spacial score (nSPS) is 25.8. The topological polar surface area (TPSA) is 94.3 Å². The van der Waals surface area contributed by atoms with E-state index < -0.39 is 55.9 Å². The van der Waals surface area contributed by atoms with Gasteiger partial charge < -0.3 is 0 Å². The summed E-state index contributed by atoms with van der Waals surface area (Å²) in [6.45, 7) is 0. The van der Waals surface area contributed by atoms with Crippen LogP contribution in [0.25, 0.3) is 0 Å². The van der Waals surface area contributed by atoms with Crippen LogP contribution in [0.5, 0.6) is 0 Å². The second-order valence-corrected chi connectivity index (χ2v) is 8.04. The average Bonchev–Trinajstić information content (AvgIpc) is 3.07. The smallest absolute Gasteiger partial charge is 0.298 e. The molecule has 0 bridgehead atoms. The number of nitro benzene ring substituents is 1. The van der Waals surface area contributed by atoms with Crippen molar-refractivity contribution < 1.29 is 32.5 Å². The van der Waals surface area contributed by atoms with E-state index in [-0.39, 0.29) is 12.5 Å². The summed E-state index contributed by atoms with van der Waals surface area (Å²) < 4.78 is 37.6. The van der Waals surface area contributed by atoms with Crippen LogP contribution >= 0.6 is 11.8 Å². The molecule has 1 aromatic rings. The number of thioether (sulfide) groups is 1. The minimum Gasteiger partial charge on any atom is -0.298 e. The van der Waals surface area contributed by atoms with Gasteiger partial charge in [0.05, 0.1) is 20.8 Å². The Kier molecular flexibility index (Phi) is 4.87. The second kappa shape index (κ2) is 6.74. The molecule has 1 heterocycles. The van der Waals surface area contributed by atoms with Gasteiger partial charge in [0.25, 0.3) is 5.69 Å². The van der Waals surface area contributed by atoms with Gasteiger partial charge in [0, 0.05) is 12.5 Å². The molecule has 1 spiro atoms. The first-order valence-electron chi connectivity index (χ1n) is 8.18. The summed E-state index contributed by atoms with van der Waals surface area (Å²) in [5.74, 6) is -3.31. The lowest BCUT2D eigenvalue weighted by Gasteiger charge is -2.34. The van der Waals surface area contributed by atoms with Crippen molar-refractivity contribution in [3.63, 3.8) is 0 Å². The van der Waals surface area contributed by atoms with Crippen molar-refractivity contribution in [3.05, 3.63) is 39.4 Å². The summed E-state index contributed by atoms with van der Waals surface area (Å²) in [6, 6.07) is 1.47. The third-order valence-electron chi connectivity index (χ3n) is 4.96. The number of hydrogen-bond acceptors (Lipinski definition) is 6. The van der Waals surface area contributed by atoms with Crippen molar-refractivity contribution >= 4 is 34.8 Å². The van der Waals surface area contributed by atoms with Crippen LogP contribution in [0.15, 0.2) is 18.2 Å². The molecule has 1 aliphatic heterocycles. The highest BCUT2D eigenvalue weighted by atomic mass is 32.2. The van der Waals surface area contributed by atoms with Gasteiger partial charge in [-0.2, -0.15) is 13.2 Å². The quantitative estimate of drug-likeness (QED) is 0.332. The molecule has 1 aromatic carbocycles. The van der Waals surface area contributed by atoms with E-state index in [1.165, 1.54) is 11.8 Å². The Hall–Kier alpha value is -2.23. The Morgan fingerprint density at radius 1 is 1.26 bits per heavy atom. The Bertz CT molecular complexity index is 845. The molecular weight excluding hydrogens is 387 g/mol. The third kappa shape index (κ3) is 3.38. The van der Waals surface area contributed by atoms with Crippen molar-refractivity contribution in [1.82, 2.24) is 0 Å². The number of ketones is 3. The van der Waals surface area contributed by atoms with Crippen molar-refractivity contribution in [2.45, 2.75) is 36.6 Å². The maximum absolute atomic E-state index is 12.9. The first-order valence-corrected chi connectivity index (χ1v) is 9.16. The minimum absolute atomic E-state index is 0.0103. The number of benzene rings is 1. The molecule has 144 valence electrons. The van der Waals surface area contributed by atoms with Crippen molar-refractivity contribution in [2.75, 3.05) is 5.75 Å². The van der Waals surface area contributed by atoms with Crippen LogP contribution in [0.3, 0.4) is 0 Å². The first kappa shape index (κ1) is 19.5. The van der Waals surface area contributed by atoms with Crippen molar-refractivity contribution in [1.29, 1.82) is 0 Å². The molecule has 1 saturated heterocycles. The van der Waals surface area contributed by atoms with E-state index in [1.54, 1.807) is 0 Å². The second-order valence-electron chi connectivity index (χ2n) is 6.56. The fourth-order valence-electron chi connectivity index (χ4n) is 3.58. The largest absolute Gasteiger partial charge is 0.416 e. The predicted molar refractivity (Wildman–Crippen MR) is 89.6 cm³/mol. The summed E-state index contributed by atoms with van der Waals surface area (Å²) >= 11 is 1.37. The lowest BCUT2D eigenvalue weighted by Crippen LogP contribution is -2.49. The number of halogens is 3. The van der Waals surface area contributed by atoms with Crippen LogP contribution in [0.4, 0.5) is 18.9 Å². The molecule has 1 saturated carbocycles. The number of Topliss-reactive ketones (excluding diaryl/α,β-unsaturated/α-hetero) is 3. The molecule has 1 aliphatic carbocycles. The number of nitrogens with zero attached hydrogens (tertiary/aromatic N) is 1. The standard InChI is InChI=1S/C17H14F3NO5S/c18-17(19,20)9-2-3-10(11(8-9)21(25)26)14(23)13-12(22)4-6-16(15(13)24)5-1-7-27-16/h2-3,8,13H,1,4-7H2. The average molecular weight is 401 g/mol. The Balaban J connectivity index is 2.02. The molecule has 2 aliphatic rings. The molecule has 0 N–H and O–H groups in total. The zero-order valence-corrected chi connectivity index (χ0v) is 14.7. The summed E-state index contributed by atoms with van der Waals surface area (Å²) in [5.41, 5.74) is -3.00. The van der Waals surface area contributed by atoms with E-state index in [9.17, 15) is 37.7 Å². The van der Waals surface area contributed by atoms with Crippen LogP contribution < -0.4 is 0 Å². The van der Waals surface area contributed by atoms with Gasteiger partial charge in [0.15, 0.2) is 17.3 Å². The van der Waals surface area contributed by atoms with E-state index in [0.717, 1.165) is 6.42 Å². The van der Waals surface area contributed by atoms with Gasteiger partial charge in [-0.25, -0.2) is 0 Å². The van der Waals surface area contributed by atoms with Gasteiger partial charge >= 0.3 is 6.18 Å². The molecule has 0 amide bonds. The highest BCUT2D eigenvalue weighted by Gasteiger charge is 2.53.